The lowest BCUT2D eigenvalue weighted by Crippen LogP contribution is -2.48. The minimum atomic E-state index is -3.22. The van der Waals surface area contributed by atoms with Crippen molar-refractivity contribution < 1.29 is 13.3 Å². The van der Waals surface area contributed by atoms with Gasteiger partial charge in [-0.3, -0.25) is 10.1 Å². The third-order valence-electron chi connectivity index (χ3n) is 3.20. The molecule has 0 N–H and O–H groups in total. The van der Waals surface area contributed by atoms with E-state index in [0.717, 1.165) is 6.26 Å². The number of piperazine rings is 1. The molecule has 0 radical (unpaired) electrons. The molecule has 0 atom stereocenters. The number of sulfonamides is 1. The first-order chi connectivity index (χ1) is 9.30. The van der Waals surface area contributed by atoms with Crippen LogP contribution in [-0.4, -0.2) is 50.1 Å². The van der Waals surface area contributed by atoms with Crippen LogP contribution in [0.4, 0.5) is 11.4 Å². The number of hydrogen-bond acceptors (Lipinski definition) is 5. The molecule has 0 aromatic heterocycles. The van der Waals surface area contributed by atoms with Crippen molar-refractivity contribution in [1.82, 2.24) is 4.31 Å². The Morgan fingerprint density at radius 2 is 1.85 bits per heavy atom. The Morgan fingerprint density at radius 1 is 1.25 bits per heavy atom. The predicted octanol–water partition coefficient (Wildman–Crippen LogP) is 1.33. The maximum absolute atomic E-state index is 11.4. The lowest BCUT2D eigenvalue weighted by atomic mass is 10.2. The van der Waals surface area contributed by atoms with E-state index in [1.807, 2.05) is 0 Å². The van der Waals surface area contributed by atoms with Gasteiger partial charge >= 0.3 is 5.69 Å². The predicted molar refractivity (Wildman–Crippen MR) is 76.7 cm³/mol. The zero-order valence-corrected chi connectivity index (χ0v) is 12.4. The van der Waals surface area contributed by atoms with Gasteiger partial charge in [0.1, 0.15) is 10.7 Å². The minimum absolute atomic E-state index is 0.0815. The molecule has 1 aromatic rings. The average molecular weight is 320 g/mol. The summed E-state index contributed by atoms with van der Waals surface area (Å²) in [5.41, 5.74) is 0.289. The van der Waals surface area contributed by atoms with Crippen molar-refractivity contribution in [2.24, 2.45) is 0 Å². The van der Waals surface area contributed by atoms with Gasteiger partial charge in [-0.2, -0.15) is 4.31 Å². The molecule has 110 valence electrons. The smallest absolute Gasteiger partial charge is 0.310 e. The van der Waals surface area contributed by atoms with Gasteiger partial charge in [0.05, 0.1) is 11.2 Å². The first kappa shape index (κ1) is 15.0. The van der Waals surface area contributed by atoms with Gasteiger partial charge in [-0.15, -0.1) is 0 Å². The van der Waals surface area contributed by atoms with E-state index in [9.17, 15) is 18.5 Å². The normalized spacial score (nSPS) is 17.2. The van der Waals surface area contributed by atoms with Gasteiger partial charge in [-0.05, 0) is 12.1 Å². The van der Waals surface area contributed by atoms with Gasteiger partial charge in [0.25, 0.3) is 0 Å². The maximum Gasteiger partial charge on any atom is 0.310 e. The number of halogens is 1. The summed E-state index contributed by atoms with van der Waals surface area (Å²) in [5.74, 6) is 0. The van der Waals surface area contributed by atoms with Gasteiger partial charge in [0, 0.05) is 26.2 Å². The van der Waals surface area contributed by atoms with Gasteiger partial charge in [-0.25, -0.2) is 8.42 Å². The molecule has 1 saturated heterocycles. The molecule has 1 fully saturated rings. The third kappa shape index (κ3) is 3.02. The second kappa shape index (κ2) is 5.55. The Kier molecular flexibility index (Phi) is 4.17. The summed E-state index contributed by atoms with van der Waals surface area (Å²) in [6.45, 7) is 1.41. The second-order valence-corrected chi connectivity index (χ2v) is 6.90. The molecule has 0 spiro atoms. The zero-order valence-electron chi connectivity index (χ0n) is 10.8. The molecular formula is C11H14ClN3O4S. The standard InChI is InChI=1S/C11H14ClN3O4S/c1-20(18,19)14-7-5-13(6-8-14)10-4-2-3-9(12)11(10)15(16)17/h2-4H,5-8H2,1H3. The molecule has 1 heterocycles. The van der Waals surface area contributed by atoms with Crippen molar-refractivity contribution in [2.75, 3.05) is 37.3 Å². The molecule has 0 unspecified atom stereocenters. The van der Waals surface area contributed by atoms with Crippen LogP contribution < -0.4 is 4.90 Å². The molecule has 0 saturated carbocycles. The van der Waals surface area contributed by atoms with Crippen molar-refractivity contribution in [2.45, 2.75) is 0 Å². The van der Waals surface area contributed by atoms with Crippen molar-refractivity contribution in [1.29, 1.82) is 0 Å². The SMILES string of the molecule is CS(=O)(=O)N1CCN(c2cccc(Cl)c2[N+](=O)[O-])CC1. The number of nitrogens with zero attached hydrogens (tertiary/aromatic N) is 3. The van der Waals surface area contributed by atoms with Gasteiger partial charge in [0.15, 0.2) is 0 Å². The van der Waals surface area contributed by atoms with Crippen LogP contribution in [0.1, 0.15) is 0 Å². The monoisotopic (exact) mass is 319 g/mol. The number of anilines is 1. The third-order valence-corrected chi connectivity index (χ3v) is 4.80. The highest BCUT2D eigenvalue weighted by Crippen LogP contribution is 2.35. The molecule has 9 heteroatoms. The molecule has 1 aromatic carbocycles. The highest BCUT2D eigenvalue weighted by atomic mass is 35.5. The van der Waals surface area contributed by atoms with Crippen molar-refractivity contribution in [3.8, 4) is 0 Å². The fourth-order valence-electron chi connectivity index (χ4n) is 2.20. The van der Waals surface area contributed by atoms with E-state index in [0.29, 0.717) is 31.9 Å². The topological polar surface area (TPSA) is 83.8 Å². The molecule has 1 aliphatic rings. The molecule has 7 nitrogen and oxygen atoms in total. The summed E-state index contributed by atoms with van der Waals surface area (Å²) < 4.78 is 24.2. The average Bonchev–Trinajstić information content (AvgIpc) is 2.37. The molecule has 0 aliphatic carbocycles. The minimum Gasteiger partial charge on any atom is -0.363 e. The van der Waals surface area contributed by atoms with Crippen molar-refractivity contribution in [3.05, 3.63) is 33.3 Å². The highest BCUT2D eigenvalue weighted by molar-refractivity contribution is 7.88. The summed E-state index contributed by atoms with van der Waals surface area (Å²) in [4.78, 5) is 12.4. The van der Waals surface area contributed by atoms with Crippen LogP contribution in [-0.2, 0) is 10.0 Å². The Morgan fingerprint density at radius 3 is 2.35 bits per heavy atom. The largest absolute Gasteiger partial charge is 0.363 e. The van der Waals surface area contributed by atoms with Crippen LogP contribution >= 0.6 is 11.6 Å². The fourth-order valence-corrected chi connectivity index (χ4v) is 3.27. The maximum atomic E-state index is 11.4. The molecule has 0 bridgehead atoms. The van der Waals surface area contributed by atoms with Crippen LogP contribution in [0.15, 0.2) is 18.2 Å². The Labute approximate surface area is 121 Å². The van der Waals surface area contributed by atoms with Crippen molar-refractivity contribution in [3.63, 3.8) is 0 Å². The van der Waals surface area contributed by atoms with Crippen molar-refractivity contribution >= 4 is 33.0 Å². The van der Waals surface area contributed by atoms with E-state index in [-0.39, 0.29) is 10.7 Å². The van der Waals surface area contributed by atoms with Gasteiger partial charge in [-0.1, -0.05) is 17.7 Å². The van der Waals surface area contributed by atoms with Crippen LogP contribution in [0.5, 0.6) is 0 Å². The Bertz CT molecular complexity index is 627. The first-order valence-electron chi connectivity index (χ1n) is 5.93. The second-order valence-electron chi connectivity index (χ2n) is 4.51. The Balaban J connectivity index is 2.24. The number of rotatable bonds is 3. The molecule has 0 amide bonds. The van der Waals surface area contributed by atoms with Gasteiger partial charge in [0.2, 0.25) is 10.0 Å². The first-order valence-corrected chi connectivity index (χ1v) is 8.16. The number of para-hydroxylation sites is 1. The number of hydrogen-bond donors (Lipinski definition) is 0. The summed E-state index contributed by atoms with van der Waals surface area (Å²) in [6, 6.07) is 4.74. The van der Waals surface area contributed by atoms with E-state index in [4.69, 9.17) is 11.6 Å². The van der Waals surface area contributed by atoms with E-state index in [1.54, 1.807) is 17.0 Å². The summed E-state index contributed by atoms with van der Waals surface area (Å²) in [5, 5.41) is 11.2. The quantitative estimate of drug-likeness (QED) is 0.620. The van der Waals surface area contributed by atoms with Crippen LogP contribution in [0.25, 0.3) is 0 Å². The summed E-state index contributed by atoms with van der Waals surface area (Å²) >= 11 is 5.87. The van der Waals surface area contributed by atoms with E-state index >= 15 is 0 Å². The highest BCUT2D eigenvalue weighted by Gasteiger charge is 2.28. The van der Waals surface area contributed by atoms with Crippen LogP contribution in [0.3, 0.4) is 0 Å². The number of benzene rings is 1. The molecular weight excluding hydrogens is 306 g/mol. The van der Waals surface area contributed by atoms with E-state index in [2.05, 4.69) is 0 Å². The number of nitro groups is 1. The summed E-state index contributed by atoms with van der Waals surface area (Å²) in [6.07, 6.45) is 1.16. The van der Waals surface area contributed by atoms with E-state index < -0.39 is 14.9 Å². The summed E-state index contributed by atoms with van der Waals surface area (Å²) in [7, 11) is -3.22. The molecule has 1 aliphatic heterocycles. The Hall–Kier alpha value is -1.38. The van der Waals surface area contributed by atoms with Crippen LogP contribution in [0, 0.1) is 10.1 Å². The zero-order chi connectivity index (χ0) is 14.9. The number of nitro benzene ring substituents is 1. The molecule has 2 rings (SSSR count). The van der Waals surface area contributed by atoms with Gasteiger partial charge < -0.3 is 4.90 Å². The van der Waals surface area contributed by atoms with E-state index in [1.165, 1.54) is 10.4 Å². The fraction of sp³-hybridized carbons (Fsp3) is 0.455. The molecule has 20 heavy (non-hydrogen) atoms. The lowest BCUT2D eigenvalue weighted by molar-refractivity contribution is -0.384. The lowest BCUT2D eigenvalue weighted by Gasteiger charge is -2.34. The van der Waals surface area contributed by atoms with Crippen LogP contribution in [0.2, 0.25) is 5.02 Å².